The number of amides is 2. The summed E-state index contributed by atoms with van der Waals surface area (Å²) in [5.41, 5.74) is -0.545. The highest BCUT2D eigenvalue weighted by atomic mass is 16.5. The second kappa shape index (κ2) is 7.65. The Kier molecular flexibility index (Phi) is 6.06. The van der Waals surface area contributed by atoms with Crippen LogP contribution in [0.15, 0.2) is 0 Å². The molecule has 0 unspecified atom stereocenters. The van der Waals surface area contributed by atoms with E-state index in [1.165, 1.54) is 0 Å². The number of carbonyl (C=O) groups is 2. The van der Waals surface area contributed by atoms with Crippen LogP contribution in [0.5, 0.6) is 0 Å². The molecule has 0 aromatic carbocycles. The topological polar surface area (TPSA) is 58.6 Å². The molecule has 0 bridgehead atoms. The number of hydrogen-bond acceptors (Lipinski definition) is 3. The summed E-state index contributed by atoms with van der Waals surface area (Å²) in [6.45, 7) is 8.60. The van der Waals surface area contributed by atoms with Gasteiger partial charge in [-0.25, -0.2) is 0 Å². The van der Waals surface area contributed by atoms with E-state index < -0.39 is 11.8 Å². The number of nitrogens with one attached hydrogen (secondary N) is 1. The van der Waals surface area contributed by atoms with Crippen molar-refractivity contribution in [1.29, 1.82) is 0 Å². The van der Waals surface area contributed by atoms with Crippen molar-refractivity contribution in [3.63, 3.8) is 0 Å². The number of rotatable bonds is 5. The van der Waals surface area contributed by atoms with Gasteiger partial charge in [0.2, 0.25) is 11.8 Å². The molecule has 1 aliphatic heterocycles. The summed E-state index contributed by atoms with van der Waals surface area (Å²) in [6.07, 6.45) is 5.94. The highest BCUT2D eigenvalue weighted by Crippen LogP contribution is 2.42. The van der Waals surface area contributed by atoms with Crippen molar-refractivity contribution in [3.05, 3.63) is 0 Å². The lowest BCUT2D eigenvalue weighted by Crippen LogP contribution is -2.57. The van der Waals surface area contributed by atoms with Gasteiger partial charge in [0.1, 0.15) is 11.8 Å². The van der Waals surface area contributed by atoms with Crippen molar-refractivity contribution in [2.45, 2.75) is 90.4 Å². The molecule has 2 fully saturated rings. The van der Waals surface area contributed by atoms with Crippen LogP contribution in [0.4, 0.5) is 0 Å². The Morgan fingerprint density at radius 2 is 1.96 bits per heavy atom. The first-order valence-corrected chi connectivity index (χ1v) is 9.20. The van der Waals surface area contributed by atoms with E-state index in [0.717, 1.165) is 38.5 Å². The first-order chi connectivity index (χ1) is 10.9. The maximum absolute atomic E-state index is 12.7. The molecule has 1 saturated carbocycles. The fourth-order valence-corrected chi connectivity index (χ4v) is 3.63. The highest BCUT2D eigenvalue weighted by molar-refractivity contribution is 5.89. The fraction of sp³-hybridized carbons (Fsp3) is 0.889. The van der Waals surface area contributed by atoms with Gasteiger partial charge in [0.15, 0.2) is 0 Å². The van der Waals surface area contributed by atoms with Crippen molar-refractivity contribution in [3.8, 4) is 0 Å². The third kappa shape index (κ3) is 3.87. The molecule has 1 spiro atoms. The summed E-state index contributed by atoms with van der Waals surface area (Å²) in [4.78, 5) is 27.2. The summed E-state index contributed by atoms with van der Waals surface area (Å²) < 4.78 is 6.10. The minimum atomic E-state index is -0.545. The monoisotopic (exact) mass is 324 g/mol. The predicted octanol–water partition coefficient (Wildman–Crippen LogP) is 2.84. The maximum atomic E-state index is 12.7. The Balaban J connectivity index is 2.18. The molecule has 2 atom stereocenters. The number of carbonyl (C=O) groups excluding carboxylic acids is 2. The number of nitrogens with zero attached hydrogens (tertiary/aromatic N) is 1. The van der Waals surface area contributed by atoms with Crippen molar-refractivity contribution < 1.29 is 14.3 Å². The first kappa shape index (κ1) is 18.2. The van der Waals surface area contributed by atoms with Crippen molar-refractivity contribution in [2.24, 2.45) is 5.92 Å². The van der Waals surface area contributed by atoms with E-state index >= 15 is 0 Å². The summed E-state index contributed by atoms with van der Waals surface area (Å²) in [6, 6.07) is -0.356. The highest BCUT2D eigenvalue weighted by Gasteiger charge is 2.53. The van der Waals surface area contributed by atoms with Crippen molar-refractivity contribution in [1.82, 2.24) is 10.2 Å². The van der Waals surface area contributed by atoms with E-state index in [4.69, 9.17) is 4.74 Å². The molecule has 1 saturated heterocycles. The second-order valence-corrected chi connectivity index (χ2v) is 7.29. The average molecular weight is 324 g/mol. The average Bonchev–Trinajstić information content (AvgIpc) is 2.90. The van der Waals surface area contributed by atoms with Gasteiger partial charge < -0.3 is 10.1 Å². The normalized spacial score (nSPS) is 32.1. The molecule has 2 aliphatic rings. The van der Waals surface area contributed by atoms with Crippen LogP contribution in [-0.2, 0) is 14.3 Å². The zero-order chi connectivity index (χ0) is 17.0. The van der Waals surface area contributed by atoms with E-state index in [2.05, 4.69) is 12.2 Å². The molecular weight excluding hydrogens is 292 g/mol. The lowest BCUT2D eigenvalue weighted by Gasteiger charge is -2.43. The predicted molar refractivity (Wildman–Crippen MR) is 89.8 cm³/mol. The number of ether oxygens (including phenoxy) is 1. The molecule has 0 aromatic heterocycles. The van der Waals surface area contributed by atoms with Gasteiger partial charge in [0, 0.05) is 12.5 Å². The molecule has 2 rings (SSSR count). The Morgan fingerprint density at radius 1 is 1.30 bits per heavy atom. The maximum Gasteiger partial charge on any atom is 0.245 e. The largest absolute Gasteiger partial charge is 0.353 e. The lowest BCUT2D eigenvalue weighted by atomic mass is 9.83. The minimum absolute atomic E-state index is 0.0591. The van der Waals surface area contributed by atoms with Gasteiger partial charge in [0.25, 0.3) is 0 Å². The Bertz CT molecular complexity index is 430. The van der Waals surface area contributed by atoms with Gasteiger partial charge in [0.05, 0.1) is 6.61 Å². The van der Waals surface area contributed by atoms with Gasteiger partial charge in [-0.05, 0) is 51.4 Å². The van der Waals surface area contributed by atoms with Gasteiger partial charge in [-0.15, -0.1) is 0 Å². The molecule has 0 radical (unpaired) electrons. The van der Waals surface area contributed by atoms with E-state index in [1.54, 1.807) is 4.90 Å². The van der Waals surface area contributed by atoms with Crippen LogP contribution < -0.4 is 5.32 Å². The molecule has 5 heteroatoms. The van der Waals surface area contributed by atoms with Crippen molar-refractivity contribution >= 4 is 11.8 Å². The van der Waals surface area contributed by atoms with Crippen molar-refractivity contribution in [2.75, 3.05) is 6.61 Å². The standard InChI is InChI=1S/C18H32N2O3/c1-5-7-16(21)20-15(17(22)19-14(4)6-2)12-23-18(20)10-8-13(3)9-11-18/h13-15H,5-12H2,1-4H3,(H,19,22)/t13?,14-,15-,18?/m0/s1. The summed E-state index contributed by atoms with van der Waals surface area (Å²) in [5, 5.41) is 3.02. The molecule has 132 valence electrons. The van der Waals surface area contributed by atoms with Gasteiger partial charge in [-0.1, -0.05) is 20.8 Å². The van der Waals surface area contributed by atoms with Gasteiger partial charge >= 0.3 is 0 Å². The van der Waals surface area contributed by atoms with E-state index in [9.17, 15) is 9.59 Å². The molecule has 1 aliphatic carbocycles. The fourth-order valence-electron chi connectivity index (χ4n) is 3.63. The zero-order valence-corrected chi connectivity index (χ0v) is 15.1. The van der Waals surface area contributed by atoms with Crippen LogP contribution in [0.2, 0.25) is 0 Å². The van der Waals surface area contributed by atoms with Crippen LogP contribution in [0.3, 0.4) is 0 Å². The van der Waals surface area contributed by atoms with Crippen LogP contribution in [0.25, 0.3) is 0 Å². The van der Waals surface area contributed by atoms with Crippen LogP contribution in [-0.4, -0.2) is 41.1 Å². The Hall–Kier alpha value is -1.10. The molecule has 1 heterocycles. The molecule has 23 heavy (non-hydrogen) atoms. The van der Waals surface area contributed by atoms with E-state index in [1.807, 2.05) is 20.8 Å². The van der Waals surface area contributed by atoms with E-state index in [-0.39, 0.29) is 17.9 Å². The molecule has 1 N–H and O–H groups in total. The SMILES string of the molecule is CCCC(=O)N1[C@H](C(=O)N[C@@H](C)CC)COC12CCC(C)CC2. The molecule has 0 aromatic rings. The van der Waals surface area contributed by atoms with Gasteiger partial charge in [-0.2, -0.15) is 0 Å². The summed E-state index contributed by atoms with van der Waals surface area (Å²) in [7, 11) is 0. The van der Waals surface area contributed by atoms with Crippen LogP contribution in [0, 0.1) is 5.92 Å². The number of hydrogen-bond donors (Lipinski definition) is 1. The zero-order valence-electron chi connectivity index (χ0n) is 15.1. The van der Waals surface area contributed by atoms with Crippen LogP contribution >= 0.6 is 0 Å². The van der Waals surface area contributed by atoms with Crippen LogP contribution in [0.1, 0.15) is 72.6 Å². The third-order valence-electron chi connectivity index (χ3n) is 5.35. The Labute approximate surface area is 140 Å². The van der Waals surface area contributed by atoms with E-state index in [0.29, 0.717) is 18.9 Å². The molecular formula is C18H32N2O3. The Morgan fingerprint density at radius 3 is 2.52 bits per heavy atom. The quantitative estimate of drug-likeness (QED) is 0.846. The van der Waals surface area contributed by atoms with Gasteiger partial charge in [-0.3, -0.25) is 14.5 Å². The first-order valence-electron chi connectivity index (χ1n) is 9.20. The third-order valence-corrected chi connectivity index (χ3v) is 5.35. The lowest BCUT2D eigenvalue weighted by molar-refractivity contribution is -0.161. The smallest absolute Gasteiger partial charge is 0.245 e. The summed E-state index contributed by atoms with van der Waals surface area (Å²) in [5.74, 6) is 0.656. The molecule has 2 amide bonds. The minimum Gasteiger partial charge on any atom is -0.353 e. The molecule has 5 nitrogen and oxygen atoms in total. The summed E-state index contributed by atoms with van der Waals surface area (Å²) >= 11 is 0. The second-order valence-electron chi connectivity index (χ2n) is 7.29.